The van der Waals surface area contributed by atoms with E-state index >= 15 is 0 Å². The van der Waals surface area contributed by atoms with Crippen LogP contribution in [-0.2, 0) is 6.54 Å². The molecule has 3 nitrogen and oxygen atoms in total. The fourth-order valence-electron chi connectivity index (χ4n) is 2.11. The van der Waals surface area contributed by atoms with E-state index in [1.807, 2.05) is 6.92 Å². The summed E-state index contributed by atoms with van der Waals surface area (Å²) in [5, 5.41) is 8.03. The Morgan fingerprint density at radius 1 is 1.42 bits per heavy atom. The molecule has 0 saturated heterocycles. The fourth-order valence-corrected chi connectivity index (χ4v) is 3.56. The van der Waals surface area contributed by atoms with E-state index in [0.717, 1.165) is 25.2 Å². The van der Waals surface area contributed by atoms with Crippen molar-refractivity contribution in [2.45, 2.75) is 39.8 Å². The number of aryl methyl sites for hydroxylation is 3. The first-order chi connectivity index (χ1) is 9.06. The van der Waals surface area contributed by atoms with Crippen molar-refractivity contribution in [1.82, 2.24) is 15.1 Å². The van der Waals surface area contributed by atoms with Gasteiger partial charge in [-0.05, 0) is 67.9 Å². The van der Waals surface area contributed by atoms with E-state index in [-0.39, 0.29) is 0 Å². The molecular weight excluding hydrogens is 322 g/mol. The van der Waals surface area contributed by atoms with Gasteiger partial charge < -0.3 is 5.32 Å². The molecule has 5 heteroatoms. The molecule has 0 spiro atoms. The average Bonchev–Trinajstić information content (AvgIpc) is 2.91. The highest BCUT2D eigenvalue weighted by molar-refractivity contribution is 9.11. The summed E-state index contributed by atoms with van der Waals surface area (Å²) >= 11 is 5.29. The third kappa shape index (κ3) is 4.16. The minimum absolute atomic E-state index is 0.414. The highest BCUT2D eigenvalue weighted by atomic mass is 79.9. The van der Waals surface area contributed by atoms with Crippen molar-refractivity contribution in [3.8, 4) is 0 Å². The predicted molar refractivity (Wildman–Crippen MR) is 84.8 cm³/mol. The number of nitrogens with zero attached hydrogens (tertiary/aromatic N) is 2. The summed E-state index contributed by atoms with van der Waals surface area (Å²) in [7, 11) is 0. The third-order valence-electron chi connectivity index (χ3n) is 3.12. The average molecular weight is 342 g/mol. The highest BCUT2D eigenvalue weighted by Crippen LogP contribution is 2.26. The minimum Gasteiger partial charge on any atom is -0.309 e. The van der Waals surface area contributed by atoms with Gasteiger partial charge in [-0.3, -0.25) is 4.68 Å². The van der Waals surface area contributed by atoms with E-state index in [1.54, 1.807) is 11.3 Å². The van der Waals surface area contributed by atoms with Gasteiger partial charge in [-0.15, -0.1) is 11.3 Å². The molecular formula is C14H20BrN3S. The van der Waals surface area contributed by atoms with Gasteiger partial charge in [-0.2, -0.15) is 5.10 Å². The molecule has 0 radical (unpaired) electrons. The zero-order valence-electron chi connectivity index (χ0n) is 11.6. The third-order valence-corrected chi connectivity index (χ3v) is 4.93. The Hall–Kier alpha value is -0.650. The number of aromatic nitrogens is 2. The summed E-state index contributed by atoms with van der Waals surface area (Å²) in [6.45, 7) is 8.35. The standard InChI is InChI=1S/C14H20BrN3S/c1-10-9-11(2)18(17-10)8-4-7-16-12(3)13-5-6-14(15)19-13/h5-6,9,12,16H,4,7-8H2,1-3H3. The van der Waals surface area contributed by atoms with Crippen LogP contribution in [-0.4, -0.2) is 16.3 Å². The van der Waals surface area contributed by atoms with E-state index < -0.39 is 0 Å². The van der Waals surface area contributed by atoms with E-state index in [2.05, 4.69) is 63.1 Å². The number of rotatable bonds is 6. The summed E-state index contributed by atoms with van der Waals surface area (Å²) in [6.07, 6.45) is 1.10. The minimum atomic E-state index is 0.414. The maximum absolute atomic E-state index is 4.47. The van der Waals surface area contributed by atoms with Crippen molar-refractivity contribution >= 4 is 27.3 Å². The maximum Gasteiger partial charge on any atom is 0.0701 e. The molecule has 0 fully saturated rings. The van der Waals surface area contributed by atoms with Crippen LogP contribution in [0.5, 0.6) is 0 Å². The van der Waals surface area contributed by atoms with Gasteiger partial charge in [0, 0.05) is 23.2 Å². The van der Waals surface area contributed by atoms with Crippen molar-refractivity contribution in [1.29, 1.82) is 0 Å². The summed E-state index contributed by atoms with van der Waals surface area (Å²) in [6, 6.07) is 6.82. The van der Waals surface area contributed by atoms with Crippen molar-refractivity contribution in [3.63, 3.8) is 0 Å². The zero-order chi connectivity index (χ0) is 13.8. The van der Waals surface area contributed by atoms with Crippen LogP contribution in [0.1, 0.15) is 35.7 Å². The molecule has 2 heterocycles. The Morgan fingerprint density at radius 3 is 2.79 bits per heavy atom. The van der Waals surface area contributed by atoms with Gasteiger partial charge in [0.15, 0.2) is 0 Å². The normalized spacial score (nSPS) is 12.8. The summed E-state index contributed by atoms with van der Waals surface area (Å²) < 4.78 is 3.28. The Morgan fingerprint density at radius 2 is 2.21 bits per heavy atom. The Bertz CT molecular complexity index is 533. The van der Waals surface area contributed by atoms with Crippen LogP contribution in [0.2, 0.25) is 0 Å². The van der Waals surface area contributed by atoms with E-state index in [0.29, 0.717) is 6.04 Å². The van der Waals surface area contributed by atoms with Gasteiger partial charge in [0.1, 0.15) is 0 Å². The first kappa shape index (κ1) is 14.8. The second-order valence-corrected chi connectivity index (χ2v) is 7.32. The largest absolute Gasteiger partial charge is 0.309 e. The lowest BCUT2D eigenvalue weighted by Gasteiger charge is -2.12. The number of hydrogen-bond donors (Lipinski definition) is 1. The van der Waals surface area contributed by atoms with Crippen LogP contribution in [0.4, 0.5) is 0 Å². The van der Waals surface area contributed by atoms with Gasteiger partial charge in [0.25, 0.3) is 0 Å². The molecule has 0 aliphatic heterocycles. The van der Waals surface area contributed by atoms with E-state index in [1.165, 1.54) is 14.4 Å². The predicted octanol–water partition coefficient (Wildman–Crippen LogP) is 4.06. The molecule has 0 amide bonds. The molecule has 0 aliphatic rings. The summed E-state index contributed by atoms with van der Waals surface area (Å²) in [4.78, 5) is 1.37. The van der Waals surface area contributed by atoms with Gasteiger partial charge in [-0.1, -0.05) is 0 Å². The molecule has 0 saturated carbocycles. The van der Waals surface area contributed by atoms with Crippen molar-refractivity contribution in [2.24, 2.45) is 0 Å². The molecule has 104 valence electrons. The maximum atomic E-state index is 4.47. The van der Waals surface area contributed by atoms with Gasteiger partial charge >= 0.3 is 0 Å². The van der Waals surface area contributed by atoms with Crippen molar-refractivity contribution in [2.75, 3.05) is 6.54 Å². The first-order valence-corrected chi connectivity index (χ1v) is 8.17. The number of hydrogen-bond acceptors (Lipinski definition) is 3. The van der Waals surface area contributed by atoms with E-state index in [9.17, 15) is 0 Å². The Labute approximate surface area is 127 Å². The molecule has 1 unspecified atom stereocenters. The second-order valence-electron chi connectivity index (χ2n) is 4.82. The van der Waals surface area contributed by atoms with Crippen molar-refractivity contribution in [3.05, 3.63) is 38.3 Å². The fraction of sp³-hybridized carbons (Fsp3) is 0.500. The molecule has 2 rings (SSSR count). The van der Waals surface area contributed by atoms with E-state index in [4.69, 9.17) is 0 Å². The molecule has 19 heavy (non-hydrogen) atoms. The van der Waals surface area contributed by atoms with Gasteiger partial charge in [0.2, 0.25) is 0 Å². The molecule has 0 aromatic carbocycles. The molecule has 1 N–H and O–H groups in total. The van der Waals surface area contributed by atoms with Crippen LogP contribution in [0.25, 0.3) is 0 Å². The quantitative estimate of drug-likeness (QED) is 0.802. The van der Waals surface area contributed by atoms with Crippen LogP contribution in [0.3, 0.4) is 0 Å². The lowest BCUT2D eigenvalue weighted by Crippen LogP contribution is -2.20. The molecule has 0 bridgehead atoms. The van der Waals surface area contributed by atoms with Crippen LogP contribution in [0, 0.1) is 13.8 Å². The summed E-state index contributed by atoms with van der Waals surface area (Å²) in [5.74, 6) is 0. The van der Waals surface area contributed by atoms with Crippen LogP contribution in [0.15, 0.2) is 22.0 Å². The second kappa shape index (κ2) is 6.68. The zero-order valence-corrected chi connectivity index (χ0v) is 14.0. The number of halogens is 1. The topological polar surface area (TPSA) is 29.9 Å². The van der Waals surface area contributed by atoms with Crippen molar-refractivity contribution < 1.29 is 0 Å². The molecule has 2 aromatic rings. The Kier molecular flexibility index (Phi) is 5.19. The molecule has 2 aromatic heterocycles. The lowest BCUT2D eigenvalue weighted by atomic mass is 10.2. The highest BCUT2D eigenvalue weighted by Gasteiger charge is 2.07. The van der Waals surface area contributed by atoms with Crippen LogP contribution < -0.4 is 5.32 Å². The summed E-state index contributed by atoms with van der Waals surface area (Å²) in [5.41, 5.74) is 2.34. The number of nitrogens with one attached hydrogen (secondary N) is 1. The smallest absolute Gasteiger partial charge is 0.0701 e. The molecule has 1 atom stereocenters. The van der Waals surface area contributed by atoms with Gasteiger partial charge in [0.05, 0.1) is 9.48 Å². The number of thiophene rings is 1. The van der Waals surface area contributed by atoms with Gasteiger partial charge in [-0.25, -0.2) is 0 Å². The lowest BCUT2D eigenvalue weighted by molar-refractivity contribution is 0.503. The Balaban J connectivity index is 1.73. The SMILES string of the molecule is Cc1cc(C)n(CCCNC(C)c2ccc(Br)s2)n1. The van der Waals surface area contributed by atoms with Crippen LogP contribution >= 0.6 is 27.3 Å². The monoisotopic (exact) mass is 341 g/mol. The molecule has 0 aliphatic carbocycles. The first-order valence-electron chi connectivity index (χ1n) is 6.56.